The average molecular weight is 406 g/mol. The molecular formula is C19H27N5OS2. The van der Waals surface area contributed by atoms with Crippen molar-refractivity contribution >= 4 is 34.1 Å². The van der Waals surface area contributed by atoms with Gasteiger partial charge in [-0.1, -0.05) is 53.4 Å². The molecule has 1 unspecified atom stereocenters. The maximum absolute atomic E-state index is 12.8. The second-order valence-corrected chi connectivity index (χ2v) is 9.58. The van der Waals surface area contributed by atoms with Gasteiger partial charge in [-0.25, -0.2) is 0 Å². The molecule has 0 spiro atoms. The highest BCUT2D eigenvalue weighted by atomic mass is 32.2. The van der Waals surface area contributed by atoms with E-state index < -0.39 is 0 Å². The van der Waals surface area contributed by atoms with Crippen molar-refractivity contribution in [3.63, 3.8) is 0 Å². The number of rotatable bonds is 7. The Balaban J connectivity index is 1.46. The maximum Gasteiger partial charge on any atom is 0.235 e. The highest BCUT2D eigenvalue weighted by molar-refractivity contribution is 8.02. The van der Waals surface area contributed by atoms with Gasteiger partial charge in [0, 0.05) is 38.8 Å². The summed E-state index contributed by atoms with van der Waals surface area (Å²) in [5.41, 5.74) is 1.32. The molecule has 146 valence electrons. The van der Waals surface area contributed by atoms with Gasteiger partial charge in [0.1, 0.15) is 0 Å². The van der Waals surface area contributed by atoms with Crippen molar-refractivity contribution in [2.24, 2.45) is 0 Å². The van der Waals surface area contributed by atoms with E-state index in [1.54, 1.807) is 0 Å². The second-order valence-electron chi connectivity index (χ2n) is 7.02. The quantitative estimate of drug-likeness (QED) is 0.714. The fraction of sp³-hybridized carbons (Fsp3) is 0.526. The summed E-state index contributed by atoms with van der Waals surface area (Å²) < 4.78 is 0.835. The van der Waals surface area contributed by atoms with Gasteiger partial charge in [-0.15, -0.1) is 10.2 Å². The smallest absolute Gasteiger partial charge is 0.235 e. The summed E-state index contributed by atoms with van der Waals surface area (Å²) in [4.78, 5) is 17.2. The van der Waals surface area contributed by atoms with Crippen LogP contribution >= 0.6 is 23.1 Å². The van der Waals surface area contributed by atoms with E-state index in [-0.39, 0.29) is 11.2 Å². The SMILES string of the molecule is CC(C)Nc1nnc(SC(C)C(=O)N2CCN(Cc3ccccc3)CC2)s1. The highest BCUT2D eigenvalue weighted by Gasteiger charge is 2.26. The molecule has 1 aromatic carbocycles. The van der Waals surface area contributed by atoms with Gasteiger partial charge in [0.25, 0.3) is 0 Å². The Morgan fingerprint density at radius 2 is 1.85 bits per heavy atom. The molecule has 2 heterocycles. The number of piperazine rings is 1. The van der Waals surface area contributed by atoms with E-state index in [0.29, 0.717) is 6.04 Å². The first kappa shape index (κ1) is 20.1. The number of hydrogen-bond acceptors (Lipinski definition) is 7. The van der Waals surface area contributed by atoms with Crippen LogP contribution in [0.25, 0.3) is 0 Å². The zero-order valence-electron chi connectivity index (χ0n) is 16.1. The average Bonchev–Trinajstić information content (AvgIpc) is 3.08. The topological polar surface area (TPSA) is 61.4 Å². The Morgan fingerprint density at radius 3 is 2.52 bits per heavy atom. The van der Waals surface area contributed by atoms with Crippen molar-refractivity contribution in [1.29, 1.82) is 0 Å². The van der Waals surface area contributed by atoms with E-state index in [1.165, 1.54) is 28.7 Å². The summed E-state index contributed by atoms with van der Waals surface area (Å²) in [6.45, 7) is 10.4. The van der Waals surface area contributed by atoms with Crippen LogP contribution in [0.3, 0.4) is 0 Å². The van der Waals surface area contributed by atoms with E-state index in [1.807, 2.05) is 17.9 Å². The lowest BCUT2D eigenvalue weighted by Gasteiger charge is -2.35. The summed E-state index contributed by atoms with van der Waals surface area (Å²) in [7, 11) is 0. The third-order valence-electron chi connectivity index (χ3n) is 4.38. The number of carbonyl (C=O) groups excluding carboxylic acids is 1. The molecule has 1 aliphatic rings. The largest absolute Gasteiger partial charge is 0.358 e. The van der Waals surface area contributed by atoms with Gasteiger partial charge >= 0.3 is 0 Å². The van der Waals surface area contributed by atoms with Crippen LogP contribution in [0, 0.1) is 0 Å². The number of anilines is 1. The standard InChI is InChI=1S/C19H27N5OS2/c1-14(2)20-18-21-22-19(27-18)26-15(3)17(25)24-11-9-23(10-12-24)13-16-7-5-4-6-8-16/h4-8,14-15H,9-13H2,1-3H3,(H,20,21). The highest BCUT2D eigenvalue weighted by Crippen LogP contribution is 2.30. The van der Waals surface area contributed by atoms with E-state index in [2.05, 4.69) is 58.5 Å². The predicted molar refractivity (Wildman–Crippen MR) is 112 cm³/mol. The minimum Gasteiger partial charge on any atom is -0.358 e. The maximum atomic E-state index is 12.8. The normalized spacial score (nSPS) is 16.5. The summed E-state index contributed by atoms with van der Waals surface area (Å²) in [6, 6.07) is 10.8. The molecule has 0 aliphatic carbocycles. The van der Waals surface area contributed by atoms with Crippen LogP contribution < -0.4 is 5.32 Å². The minimum absolute atomic E-state index is 0.148. The van der Waals surface area contributed by atoms with E-state index >= 15 is 0 Å². The molecule has 1 amide bonds. The lowest BCUT2D eigenvalue weighted by molar-refractivity contribution is -0.132. The first-order valence-corrected chi connectivity index (χ1v) is 11.0. The number of benzene rings is 1. The third kappa shape index (κ3) is 5.92. The first-order chi connectivity index (χ1) is 13.0. The van der Waals surface area contributed by atoms with Crippen LogP contribution in [0.5, 0.6) is 0 Å². The number of nitrogens with one attached hydrogen (secondary N) is 1. The van der Waals surface area contributed by atoms with Crippen molar-refractivity contribution in [3.8, 4) is 0 Å². The minimum atomic E-state index is -0.148. The molecule has 8 heteroatoms. The van der Waals surface area contributed by atoms with Crippen LogP contribution in [0.1, 0.15) is 26.3 Å². The van der Waals surface area contributed by atoms with Crippen molar-refractivity contribution in [3.05, 3.63) is 35.9 Å². The number of hydrogen-bond donors (Lipinski definition) is 1. The Bertz CT molecular complexity index is 729. The molecule has 1 saturated heterocycles. The molecule has 6 nitrogen and oxygen atoms in total. The molecule has 1 aliphatic heterocycles. The Kier molecular flexibility index (Phi) is 7.09. The molecule has 0 radical (unpaired) electrons. The number of aromatic nitrogens is 2. The van der Waals surface area contributed by atoms with Crippen molar-refractivity contribution in [2.45, 2.75) is 42.9 Å². The number of carbonyl (C=O) groups is 1. The second kappa shape index (κ2) is 9.52. The number of thioether (sulfide) groups is 1. The van der Waals surface area contributed by atoms with Gasteiger partial charge < -0.3 is 10.2 Å². The molecule has 3 rings (SSSR count). The zero-order valence-corrected chi connectivity index (χ0v) is 17.7. The molecule has 1 aromatic heterocycles. The fourth-order valence-corrected chi connectivity index (χ4v) is 5.12. The Hall–Kier alpha value is -1.64. The van der Waals surface area contributed by atoms with Crippen LogP contribution in [0.4, 0.5) is 5.13 Å². The monoisotopic (exact) mass is 405 g/mol. The fourth-order valence-electron chi connectivity index (χ4n) is 2.99. The van der Waals surface area contributed by atoms with Crippen LogP contribution in [0.2, 0.25) is 0 Å². The lowest BCUT2D eigenvalue weighted by Crippen LogP contribution is -2.50. The Labute approximate surface area is 169 Å². The van der Waals surface area contributed by atoms with Gasteiger partial charge in [0.2, 0.25) is 11.0 Å². The van der Waals surface area contributed by atoms with Gasteiger partial charge in [-0.2, -0.15) is 0 Å². The van der Waals surface area contributed by atoms with Crippen LogP contribution in [0.15, 0.2) is 34.7 Å². The summed E-state index contributed by atoms with van der Waals surface area (Å²) in [5.74, 6) is 0.188. The number of nitrogens with zero attached hydrogens (tertiary/aromatic N) is 4. The summed E-state index contributed by atoms with van der Waals surface area (Å²) in [5, 5.41) is 12.2. The Morgan fingerprint density at radius 1 is 1.15 bits per heavy atom. The van der Waals surface area contributed by atoms with E-state index in [0.717, 1.165) is 42.2 Å². The molecular weight excluding hydrogens is 378 g/mol. The molecule has 0 saturated carbocycles. The molecule has 0 bridgehead atoms. The molecule has 2 aromatic rings. The van der Waals surface area contributed by atoms with E-state index in [9.17, 15) is 4.79 Å². The first-order valence-electron chi connectivity index (χ1n) is 9.33. The predicted octanol–water partition coefficient (Wildman–Crippen LogP) is 3.18. The summed E-state index contributed by atoms with van der Waals surface area (Å²) >= 11 is 3.00. The van der Waals surface area contributed by atoms with Gasteiger partial charge in [0.15, 0.2) is 4.34 Å². The van der Waals surface area contributed by atoms with E-state index in [4.69, 9.17) is 0 Å². The van der Waals surface area contributed by atoms with Crippen molar-refractivity contribution in [1.82, 2.24) is 20.0 Å². The van der Waals surface area contributed by atoms with Gasteiger partial charge in [-0.3, -0.25) is 9.69 Å². The molecule has 27 heavy (non-hydrogen) atoms. The van der Waals surface area contributed by atoms with Crippen molar-refractivity contribution < 1.29 is 4.79 Å². The van der Waals surface area contributed by atoms with Gasteiger partial charge in [-0.05, 0) is 26.3 Å². The lowest BCUT2D eigenvalue weighted by atomic mass is 10.2. The van der Waals surface area contributed by atoms with Crippen molar-refractivity contribution in [2.75, 3.05) is 31.5 Å². The van der Waals surface area contributed by atoms with Gasteiger partial charge in [0.05, 0.1) is 5.25 Å². The number of amides is 1. The molecule has 1 atom stereocenters. The summed E-state index contributed by atoms with van der Waals surface area (Å²) in [6.07, 6.45) is 0. The van der Waals surface area contributed by atoms with Crippen LogP contribution in [-0.2, 0) is 11.3 Å². The third-order valence-corrected chi connectivity index (χ3v) is 6.40. The zero-order chi connectivity index (χ0) is 19.2. The van der Waals surface area contributed by atoms with Crippen LogP contribution in [-0.4, -0.2) is 63.4 Å². The molecule has 1 N–H and O–H groups in total. The molecule has 1 fully saturated rings.